The van der Waals surface area contributed by atoms with Crippen molar-refractivity contribution in [1.82, 2.24) is 0 Å². The average Bonchev–Trinajstić information content (AvgIpc) is 3.17. The SMILES string of the molecule is COC1CC(C2[OH+]C3CC(O)CC(OC4OC(CO)C(O)C(O)C4O)C3CC2OC2OC(CO)C(O)C(O)C2OC2OC(CO)C(O)C(O)C2O)CCC1O. The molecule has 0 aromatic carbocycles. The number of rotatable bonds is 11. The zero-order valence-electron chi connectivity index (χ0n) is 30.3. The van der Waals surface area contributed by atoms with E-state index in [0.29, 0.717) is 19.3 Å². The van der Waals surface area contributed by atoms with E-state index in [2.05, 4.69) is 0 Å². The molecule has 0 amide bonds. The summed E-state index contributed by atoms with van der Waals surface area (Å²) in [7, 11) is 1.48. The lowest BCUT2D eigenvalue weighted by atomic mass is 9.72. The van der Waals surface area contributed by atoms with Crippen molar-refractivity contribution in [2.75, 3.05) is 26.9 Å². The van der Waals surface area contributed by atoms with Crippen LogP contribution in [0.4, 0.5) is 0 Å². The van der Waals surface area contributed by atoms with Gasteiger partial charge < -0.3 is 104 Å². The molecule has 2 saturated carbocycles. The van der Waals surface area contributed by atoms with Gasteiger partial charge in [-0.25, -0.2) is 0 Å². The molecule has 21 heteroatoms. The lowest BCUT2D eigenvalue weighted by Crippen LogP contribution is -2.66. The Labute approximate surface area is 316 Å². The van der Waals surface area contributed by atoms with E-state index in [-0.39, 0.29) is 25.2 Å². The second-order valence-corrected chi connectivity index (χ2v) is 15.7. The highest BCUT2D eigenvalue weighted by molar-refractivity contribution is 5.00. The summed E-state index contributed by atoms with van der Waals surface area (Å²) in [4.78, 5) is 0. The number of ether oxygens (including phenoxy) is 8. The largest absolute Gasteiger partial charge is 0.427 e. The summed E-state index contributed by atoms with van der Waals surface area (Å²) >= 11 is 0. The molecule has 14 N–H and O–H groups in total. The van der Waals surface area contributed by atoms with E-state index in [0.717, 1.165) is 0 Å². The van der Waals surface area contributed by atoms with Crippen molar-refractivity contribution < 1.29 is 104 Å². The Bertz CT molecular complexity index is 1200. The minimum Gasteiger partial charge on any atom is -0.427 e. The molecule has 21 nitrogen and oxygen atoms in total. The van der Waals surface area contributed by atoms with Gasteiger partial charge in [0.2, 0.25) is 0 Å². The van der Waals surface area contributed by atoms with Crippen LogP contribution in [0.1, 0.15) is 38.5 Å². The van der Waals surface area contributed by atoms with Crippen LogP contribution in [-0.2, 0) is 33.2 Å². The van der Waals surface area contributed by atoms with Crippen LogP contribution in [0.2, 0.25) is 0 Å². The molecule has 0 spiro atoms. The third-order valence-electron chi connectivity index (χ3n) is 12.3. The summed E-state index contributed by atoms with van der Waals surface area (Å²) in [6.07, 6.45) is -28.1. The van der Waals surface area contributed by atoms with Crippen LogP contribution in [0.15, 0.2) is 0 Å². The summed E-state index contributed by atoms with van der Waals surface area (Å²) in [6, 6.07) is 0. The van der Waals surface area contributed by atoms with Gasteiger partial charge in [-0.15, -0.1) is 0 Å². The molecule has 24 unspecified atom stereocenters. The molecule has 6 aliphatic rings. The molecule has 0 bridgehead atoms. The summed E-state index contributed by atoms with van der Waals surface area (Å²) in [5.74, 6) is -0.789. The quantitative estimate of drug-likeness (QED) is 0.0863. The maximum Gasteiger partial charge on any atom is 0.187 e. The van der Waals surface area contributed by atoms with E-state index in [1.807, 2.05) is 0 Å². The summed E-state index contributed by atoms with van der Waals surface area (Å²) < 4.78 is 46.5. The minimum absolute atomic E-state index is 0.0464. The zero-order valence-corrected chi connectivity index (χ0v) is 30.3. The lowest BCUT2D eigenvalue weighted by molar-refractivity contribution is -0.390. The van der Waals surface area contributed by atoms with Crippen molar-refractivity contribution >= 4 is 0 Å². The number of hydrogen-bond acceptors (Lipinski definition) is 20. The summed E-state index contributed by atoms with van der Waals surface area (Å²) in [5, 5.41) is 136. The Morgan fingerprint density at radius 2 is 1.05 bits per heavy atom. The zero-order chi connectivity index (χ0) is 39.9. The molecule has 4 heterocycles. The van der Waals surface area contributed by atoms with Crippen molar-refractivity contribution in [3.05, 3.63) is 0 Å². The van der Waals surface area contributed by atoms with Crippen LogP contribution >= 0.6 is 0 Å². The molecular weight excluding hydrogens is 744 g/mol. The van der Waals surface area contributed by atoms with Crippen LogP contribution in [0.5, 0.6) is 0 Å². The molecule has 4 saturated heterocycles. The number of fused-ring (bicyclic) bond motifs is 1. The van der Waals surface area contributed by atoms with E-state index < -0.39 is 161 Å². The predicted molar refractivity (Wildman–Crippen MR) is 177 cm³/mol. The first-order valence-electron chi connectivity index (χ1n) is 19.0. The monoisotopic (exact) mass is 803 g/mol. The normalized spacial score (nSPS) is 53.8. The minimum atomic E-state index is -1.88. The second kappa shape index (κ2) is 18.6. The fraction of sp³-hybridized carbons (Fsp3) is 1.00. The number of methoxy groups -OCH3 is 1. The molecule has 24 atom stereocenters. The number of hydrogen-bond donors (Lipinski definition) is 13. The van der Waals surface area contributed by atoms with Crippen molar-refractivity contribution in [1.29, 1.82) is 0 Å². The van der Waals surface area contributed by atoms with Crippen molar-refractivity contribution in [2.24, 2.45) is 11.8 Å². The van der Waals surface area contributed by atoms with Gasteiger partial charge in [-0.2, -0.15) is 0 Å². The van der Waals surface area contributed by atoms with E-state index in [4.69, 9.17) is 37.9 Å². The lowest BCUT2D eigenvalue weighted by Gasteiger charge is -2.51. The van der Waals surface area contributed by atoms with Gasteiger partial charge in [-0.05, 0) is 25.7 Å². The third kappa shape index (κ3) is 9.03. The van der Waals surface area contributed by atoms with Gasteiger partial charge in [0.1, 0.15) is 79.4 Å². The molecule has 6 rings (SSSR count). The molecule has 0 radical (unpaired) electrons. The van der Waals surface area contributed by atoms with E-state index in [9.17, 15) is 66.4 Å². The first-order valence-corrected chi connectivity index (χ1v) is 19.0. The molecular formula is C34H59O21+. The highest BCUT2D eigenvalue weighted by Crippen LogP contribution is 2.44. The Hall–Kier alpha value is -0.840. The van der Waals surface area contributed by atoms with Gasteiger partial charge >= 0.3 is 0 Å². The van der Waals surface area contributed by atoms with Gasteiger partial charge in [0.15, 0.2) is 31.1 Å². The van der Waals surface area contributed by atoms with Gasteiger partial charge in [0.25, 0.3) is 0 Å². The van der Waals surface area contributed by atoms with Crippen LogP contribution in [0, 0.1) is 11.8 Å². The van der Waals surface area contributed by atoms with Gasteiger partial charge in [-0.1, -0.05) is 0 Å². The molecule has 2 aliphatic carbocycles. The van der Waals surface area contributed by atoms with Crippen molar-refractivity contribution in [3.63, 3.8) is 0 Å². The molecule has 0 aromatic heterocycles. The van der Waals surface area contributed by atoms with Crippen LogP contribution in [-0.4, -0.2) is 233 Å². The van der Waals surface area contributed by atoms with Gasteiger partial charge in [0, 0.05) is 25.9 Å². The topological polar surface area (TPSA) is 340 Å². The van der Waals surface area contributed by atoms with E-state index in [1.54, 1.807) is 0 Å². The van der Waals surface area contributed by atoms with Crippen LogP contribution < -0.4 is 0 Å². The standard InChI is InChI=1S/C34H58O21/c1-48-17-4-11(2-3-14(17)39)30-18(7-13-15(49-30)5-12(38)6-16(13)50-32-28(46)25(43)22(40)19(8-35)52-32)51-34-31(27(45)24(42)21(10-37)54-34)55-33-29(47)26(44)23(41)20(9-36)53-33/h11-47H,2-10H2,1H3/p+1. The van der Waals surface area contributed by atoms with E-state index >= 15 is 0 Å². The molecule has 6 fully saturated rings. The Balaban J connectivity index is 1.29. The predicted octanol–water partition coefficient (Wildman–Crippen LogP) is -7.20. The van der Waals surface area contributed by atoms with Gasteiger partial charge in [0.05, 0.1) is 50.2 Å². The van der Waals surface area contributed by atoms with Gasteiger partial charge in [-0.3, -0.25) is 0 Å². The maximum atomic E-state index is 11.3. The smallest absolute Gasteiger partial charge is 0.187 e. The molecule has 320 valence electrons. The van der Waals surface area contributed by atoms with Crippen molar-refractivity contribution in [3.8, 4) is 0 Å². The second-order valence-electron chi connectivity index (χ2n) is 15.7. The van der Waals surface area contributed by atoms with Crippen molar-refractivity contribution in [2.45, 2.75) is 173 Å². The Morgan fingerprint density at radius 3 is 1.62 bits per heavy atom. The number of aliphatic hydroxyl groups excluding tert-OH is 13. The average molecular weight is 804 g/mol. The molecule has 4 aliphatic heterocycles. The molecule has 0 aromatic rings. The highest BCUT2D eigenvalue weighted by atomic mass is 16.8. The summed E-state index contributed by atoms with van der Waals surface area (Å²) in [5.41, 5.74) is 0. The van der Waals surface area contributed by atoms with Crippen LogP contribution in [0.3, 0.4) is 0 Å². The Kier molecular flexibility index (Phi) is 14.8. The molecule has 55 heavy (non-hydrogen) atoms. The first kappa shape index (κ1) is 43.7. The fourth-order valence-electron chi connectivity index (χ4n) is 9.04. The maximum absolute atomic E-state index is 11.3. The Morgan fingerprint density at radius 1 is 0.527 bits per heavy atom. The highest BCUT2D eigenvalue weighted by Gasteiger charge is 2.58. The third-order valence-corrected chi connectivity index (χ3v) is 12.3. The van der Waals surface area contributed by atoms with Crippen LogP contribution in [0.25, 0.3) is 0 Å². The fourth-order valence-corrected chi connectivity index (χ4v) is 9.04. The first-order chi connectivity index (χ1) is 26.2. The number of aliphatic hydroxyl groups is 15. The van der Waals surface area contributed by atoms with E-state index in [1.165, 1.54) is 7.11 Å². The summed E-state index contributed by atoms with van der Waals surface area (Å²) in [6.45, 7) is -2.20.